The minimum absolute atomic E-state index is 0.653. The fourth-order valence-electron chi connectivity index (χ4n) is 2.53. The summed E-state index contributed by atoms with van der Waals surface area (Å²) < 4.78 is 1.98. The number of piperidine rings is 1. The fraction of sp³-hybridized carbons (Fsp3) is 0.583. The van der Waals surface area contributed by atoms with Crippen LogP contribution in [-0.4, -0.2) is 39.2 Å². The van der Waals surface area contributed by atoms with E-state index in [1.165, 1.54) is 0 Å². The van der Waals surface area contributed by atoms with Gasteiger partial charge in [-0.05, 0) is 32.2 Å². The molecule has 96 valence electrons. The Labute approximate surface area is 106 Å². The minimum atomic E-state index is 0.653. The second-order valence-corrected chi connectivity index (χ2v) is 4.86. The minimum Gasteiger partial charge on any atom is -0.353 e. The van der Waals surface area contributed by atoms with E-state index >= 15 is 0 Å². The largest absolute Gasteiger partial charge is 0.353 e. The first-order valence-electron chi connectivity index (χ1n) is 6.41. The van der Waals surface area contributed by atoms with Gasteiger partial charge in [0.25, 0.3) is 0 Å². The van der Waals surface area contributed by atoms with Gasteiger partial charge in [-0.3, -0.25) is 4.40 Å². The van der Waals surface area contributed by atoms with Crippen LogP contribution in [0, 0.1) is 12.8 Å². The molecular formula is C12H18N6. The van der Waals surface area contributed by atoms with Gasteiger partial charge in [-0.1, -0.05) is 0 Å². The molecule has 0 spiro atoms. The Morgan fingerprint density at radius 3 is 2.83 bits per heavy atom. The van der Waals surface area contributed by atoms with Crippen LogP contribution in [0.15, 0.2) is 12.4 Å². The highest BCUT2D eigenvalue weighted by Gasteiger charge is 2.21. The molecule has 0 saturated carbocycles. The first-order valence-corrected chi connectivity index (χ1v) is 6.41. The molecule has 2 aromatic heterocycles. The molecule has 0 aromatic carbocycles. The van der Waals surface area contributed by atoms with Crippen LogP contribution in [0.3, 0.4) is 0 Å². The van der Waals surface area contributed by atoms with Gasteiger partial charge in [0.15, 0.2) is 5.82 Å². The monoisotopic (exact) mass is 246 g/mol. The van der Waals surface area contributed by atoms with E-state index < -0.39 is 0 Å². The third-order valence-corrected chi connectivity index (χ3v) is 3.73. The van der Waals surface area contributed by atoms with Gasteiger partial charge in [0.05, 0.1) is 0 Å². The Balaban J connectivity index is 1.91. The van der Waals surface area contributed by atoms with Gasteiger partial charge >= 0.3 is 0 Å². The normalized spacial score (nSPS) is 17.6. The van der Waals surface area contributed by atoms with E-state index in [1.807, 2.05) is 23.7 Å². The maximum atomic E-state index is 5.72. The van der Waals surface area contributed by atoms with E-state index in [4.69, 9.17) is 5.73 Å². The fourth-order valence-corrected chi connectivity index (χ4v) is 2.53. The summed E-state index contributed by atoms with van der Waals surface area (Å²) in [5.74, 6) is 2.49. The smallest absolute Gasteiger partial charge is 0.203 e. The Hall–Kier alpha value is -1.69. The molecule has 6 nitrogen and oxygen atoms in total. The molecule has 3 heterocycles. The van der Waals surface area contributed by atoms with Crippen LogP contribution in [0.1, 0.15) is 18.7 Å². The number of hydrogen-bond donors (Lipinski definition) is 1. The zero-order valence-corrected chi connectivity index (χ0v) is 10.6. The molecule has 1 saturated heterocycles. The number of anilines is 1. The number of aromatic nitrogens is 4. The molecular weight excluding hydrogens is 228 g/mol. The summed E-state index contributed by atoms with van der Waals surface area (Å²) in [6, 6.07) is 0. The molecule has 0 aliphatic carbocycles. The molecule has 18 heavy (non-hydrogen) atoms. The Bertz CT molecular complexity index is 540. The Kier molecular flexibility index (Phi) is 2.87. The quantitative estimate of drug-likeness (QED) is 0.840. The zero-order chi connectivity index (χ0) is 12.5. The molecule has 1 aliphatic rings. The number of fused-ring (bicyclic) bond motifs is 1. The van der Waals surface area contributed by atoms with Crippen LogP contribution in [-0.2, 0) is 0 Å². The van der Waals surface area contributed by atoms with E-state index in [0.29, 0.717) is 5.92 Å². The maximum absolute atomic E-state index is 5.72. The standard InChI is InChI=1S/C12H18N6/c1-9-15-16-12-11(14-4-7-18(9)12)17-5-2-10(8-13)3-6-17/h4,7,10H,2-3,5-6,8,13H2,1H3. The van der Waals surface area contributed by atoms with E-state index in [1.54, 1.807) is 0 Å². The summed E-state index contributed by atoms with van der Waals surface area (Å²) in [6.45, 7) is 4.74. The van der Waals surface area contributed by atoms with Crippen molar-refractivity contribution in [2.45, 2.75) is 19.8 Å². The summed E-state index contributed by atoms with van der Waals surface area (Å²) in [4.78, 5) is 6.75. The number of aryl methyl sites for hydroxylation is 1. The molecule has 6 heteroatoms. The summed E-state index contributed by atoms with van der Waals surface area (Å²) in [5.41, 5.74) is 6.57. The lowest BCUT2D eigenvalue weighted by molar-refractivity contribution is 0.413. The van der Waals surface area contributed by atoms with Crippen LogP contribution < -0.4 is 10.6 Å². The lowest BCUT2D eigenvalue weighted by Crippen LogP contribution is -2.36. The molecule has 2 N–H and O–H groups in total. The first kappa shape index (κ1) is 11.4. The molecule has 3 rings (SSSR count). The number of rotatable bonds is 2. The van der Waals surface area contributed by atoms with Gasteiger partial charge in [0.1, 0.15) is 5.82 Å². The van der Waals surface area contributed by atoms with E-state index in [2.05, 4.69) is 20.1 Å². The highest BCUT2D eigenvalue weighted by molar-refractivity contribution is 5.63. The first-order chi connectivity index (χ1) is 8.79. The van der Waals surface area contributed by atoms with Crippen LogP contribution in [0.4, 0.5) is 5.82 Å². The summed E-state index contributed by atoms with van der Waals surface area (Å²) in [5, 5.41) is 8.33. The van der Waals surface area contributed by atoms with Crippen LogP contribution in [0.25, 0.3) is 5.65 Å². The van der Waals surface area contributed by atoms with Gasteiger partial charge in [0.2, 0.25) is 5.65 Å². The summed E-state index contributed by atoms with van der Waals surface area (Å²) in [6.07, 6.45) is 5.98. The van der Waals surface area contributed by atoms with Gasteiger partial charge in [-0.25, -0.2) is 4.98 Å². The van der Waals surface area contributed by atoms with Crippen LogP contribution >= 0.6 is 0 Å². The van der Waals surface area contributed by atoms with Crippen molar-refractivity contribution in [1.29, 1.82) is 0 Å². The number of nitrogens with zero attached hydrogens (tertiary/aromatic N) is 5. The van der Waals surface area contributed by atoms with Crippen molar-refractivity contribution in [3.8, 4) is 0 Å². The molecule has 0 bridgehead atoms. The van der Waals surface area contributed by atoms with Gasteiger partial charge in [-0.2, -0.15) is 0 Å². The molecule has 1 fully saturated rings. The van der Waals surface area contributed by atoms with Crippen molar-refractivity contribution >= 4 is 11.5 Å². The Morgan fingerprint density at radius 1 is 1.33 bits per heavy atom. The average molecular weight is 246 g/mol. The molecule has 0 atom stereocenters. The van der Waals surface area contributed by atoms with Crippen molar-refractivity contribution in [2.24, 2.45) is 11.7 Å². The molecule has 1 aliphatic heterocycles. The second kappa shape index (κ2) is 4.53. The molecule has 0 amide bonds. The van der Waals surface area contributed by atoms with Gasteiger partial charge in [0, 0.05) is 25.5 Å². The van der Waals surface area contributed by atoms with E-state index in [-0.39, 0.29) is 0 Å². The molecule has 2 aromatic rings. The van der Waals surface area contributed by atoms with E-state index in [9.17, 15) is 0 Å². The predicted octanol–water partition coefficient (Wildman–Crippen LogP) is 0.608. The summed E-state index contributed by atoms with van der Waals surface area (Å²) >= 11 is 0. The van der Waals surface area contributed by atoms with Crippen molar-refractivity contribution in [1.82, 2.24) is 19.6 Å². The molecule has 0 radical (unpaired) electrons. The lowest BCUT2D eigenvalue weighted by Gasteiger charge is -2.32. The average Bonchev–Trinajstić information content (AvgIpc) is 2.81. The maximum Gasteiger partial charge on any atom is 0.203 e. The van der Waals surface area contributed by atoms with Gasteiger partial charge < -0.3 is 10.6 Å². The molecule has 0 unspecified atom stereocenters. The Morgan fingerprint density at radius 2 is 2.11 bits per heavy atom. The van der Waals surface area contributed by atoms with Gasteiger partial charge in [-0.15, -0.1) is 10.2 Å². The lowest BCUT2D eigenvalue weighted by atomic mass is 9.97. The number of hydrogen-bond acceptors (Lipinski definition) is 5. The summed E-state index contributed by atoms with van der Waals surface area (Å²) in [7, 11) is 0. The highest BCUT2D eigenvalue weighted by atomic mass is 15.3. The third kappa shape index (κ3) is 1.82. The van der Waals surface area contributed by atoms with Crippen LogP contribution in [0.2, 0.25) is 0 Å². The van der Waals surface area contributed by atoms with E-state index in [0.717, 1.165) is 49.8 Å². The van der Waals surface area contributed by atoms with Crippen molar-refractivity contribution in [3.63, 3.8) is 0 Å². The van der Waals surface area contributed by atoms with Crippen molar-refractivity contribution < 1.29 is 0 Å². The second-order valence-electron chi connectivity index (χ2n) is 4.86. The number of nitrogens with two attached hydrogens (primary N) is 1. The van der Waals surface area contributed by atoms with Crippen LogP contribution in [0.5, 0.6) is 0 Å². The van der Waals surface area contributed by atoms with Crippen molar-refractivity contribution in [2.75, 3.05) is 24.5 Å². The topological polar surface area (TPSA) is 72.3 Å². The predicted molar refractivity (Wildman–Crippen MR) is 69.5 cm³/mol. The SMILES string of the molecule is Cc1nnc2c(N3CCC(CN)CC3)nccn12. The highest BCUT2D eigenvalue weighted by Crippen LogP contribution is 2.23. The zero-order valence-electron chi connectivity index (χ0n) is 10.6. The van der Waals surface area contributed by atoms with Crippen molar-refractivity contribution in [3.05, 3.63) is 18.2 Å². The third-order valence-electron chi connectivity index (χ3n) is 3.73.